The van der Waals surface area contributed by atoms with Crippen molar-refractivity contribution in [3.8, 4) is 5.75 Å². The van der Waals surface area contributed by atoms with Crippen LogP contribution in [0, 0.1) is 0 Å². The zero-order valence-electron chi connectivity index (χ0n) is 15.4. The van der Waals surface area contributed by atoms with Gasteiger partial charge in [-0.2, -0.15) is 5.10 Å². The fourth-order valence-electron chi connectivity index (χ4n) is 2.81. The second kappa shape index (κ2) is 7.86. The van der Waals surface area contributed by atoms with Gasteiger partial charge in [-0.15, -0.1) is 0 Å². The van der Waals surface area contributed by atoms with E-state index in [1.165, 1.54) is 14.0 Å². The number of rotatable bonds is 6. The number of Topliss-reactive ketones (excluding diaryl/α,β-unsaturated/α-hetero) is 1. The number of nitrogens with one attached hydrogen (secondary N) is 1. The summed E-state index contributed by atoms with van der Waals surface area (Å²) in [6, 6.07) is 10.7. The molecule has 2 aromatic carbocycles. The number of ketones is 1. The van der Waals surface area contributed by atoms with E-state index in [-0.39, 0.29) is 12.4 Å². The second-order valence-corrected chi connectivity index (χ2v) is 5.91. The van der Waals surface area contributed by atoms with E-state index < -0.39 is 5.97 Å². The molecule has 1 aromatic heterocycles. The van der Waals surface area contributed by atoms with Crippen LogP contribution in [0.4, 0.5) is 0 Å². The van der Waals surface area contributed by atoms with Gasteiger partial charge in [0.05, 0.1) is 30.3 Å². The fraction of sp³-hybridized carbons (Fsp3) is 0.190. The molecule has 0 fully saturated rings. The van der Waals surface area contributed by atoms with Crippen molar-refractivity contribution in [2.24, 2.45) is 0 Å². The Labute approximate surface area is 156 Å². The van der Waals surface area contributed by atoms with E-state index in [4.69, 9.17) is 9.47 Å². The number of fused-ring (bicyclic) bond motifs is 1. The van der Waals surface area contributed by atoms with Crippen molar-refractivity contribution >= 4 is 34.8 Å². The van der Waals surface area contributed by atoms with E-state index in [1.807, 2.05) is 24.3 Å². The van der Waals surface area contributed by atoms with Crippen molar-refractivity contribution in [3.63, 3.8) is 0 Å². The average Bonchev–Trinajstić information content (AvgIpc) is 3.09. The maximum atomic E-state index is 12.2. The summed E-state index contributed by atoms with van der Waals surface area (Å²) < 4.78 is 10.6. The first-order valence-electron chi connectivity index (χ1n) is 8.56. The van der Waals surface area contributed by atoms with Crippen LogP contribution in [0.15, 0.2) is 36.4 Å². The molecule has 0 aliphatic carbocycles. The van der Waals surface area contributed by atoms with Crippen LogP contribution in [0.25, 0.3) is 23.1 Å². The number of esters is 1. The number of aromatic nitrogens is 2. The third kappa shape index (κ3) is 3.74. The number of hydrogen-bond donors (Lipinski definition) is 1. The summed E-state index contributed by atoms with van der Waals surface area (Å²) in [5, 5.41) is 7.96. The number of nitrogens with zero attached hydrogens (tertiary/aromatic N) is 1. The first-order chi connectivity index (χ1) is 13.0. The Morgan fingerprint density at radius 1 is 1.11 bits per heavy atom. The number of aromatic amines is 1. The summed E-state index contributed by atoms with van der Waals surface area (Å²) >= 11 is 0. The maximum Gasteiger partial charge on any atom is 0.341 e. The molecule has 0 atom stereocenters. The molecule has 3 rings (SSSR count). The van der Waals surface area contributed by atoms with Crippen molar-refractivity contribution in [2.45, 2.75) is 13.8 Å². The van der Waals surface area contributed by atoms with Crippen molar-refractivity contribution in [2.75, 3.05) is 13.7 Å². The third-order valence-electron chi connectivity index (χ3n) is 4.16. The fourth-order valence-corrected chi connectivity index (χ4v) is 2.81. The summed E-state index contributed by atoms with van der Waals surface area (Å²) in [7, 11) is 1.51. The highest BCUT2D eigenvalue weighted by molar-refractivity contribution is 6.03. The topological polar surface area (TPSA) is 81.3 Å². The number of hydrogen-bond acceptors (Lipinski definition) is 5. The minimum atomic E-state index is -0.438. The van der Waals surface area contributed by atoms with Gasteiger partial charge in [0.2, 0.25) is 0 Å². The number of H-pyrrole nitrogens is 1. The number of ether oxygens (including phenoxy) is 2. The van der Waals surface area contributed by atoms with Crippen molar-refractivity contribution in [1.82, 2.24) is 10.2 Å². The molecule has 6 nitrogen and oxygen atoms in total. The first-order valence-corrected chi connectivity index (χ1v) is 8.56. The van der Waals surface area contributed by atoms with Gasteiger partial charge in [-0.3, -0.25) is 9.89 Å². The predicted octanol–water partition coefficient (Wildman–Crippen LogP) is 4.12. The quantitative estimate of drug-likeness (QED) is 0.525. The molecule has 1 heterocycles. The van der Waals surface area contributed by atoms with Crippen LogP contribution < -0.4 is 4.74 Å². The summed E-state index contributed by atoms with van der Waals surface area (Å²) in [5.41, 5.74) is 3.35. The van der Waals surface area contributed by atoms with Crippen LogP contribution in [0.5, 0.6) is 5.75 Å². The SMILES string of the molecule is CCOC(=O)c1ccc2[nH]nc(C=Cc3ccc(C(C)=O)cc3)c2c1OC. The van der Waals surface area contributed by atoms with Crippen LogP contribution in [-0.2, 0) is 4.74 Å². The molecule has 6 heteroatoms. The highest BCUT2D eigenvalue weighted by Crippen LogP contribution is 2.32. The number of methoxy groups -OCH3 is 1. The number of benzene rings is 2. The molecule has 1 N–H and O–H groups in total. The van der Waals surface area contributed by atoms with E-state index in [0.29, 0.717) is 28.0 Å². The van der Waals surface area contributed by atoms with Crippen LogP contribution in [0.2, 0.25) is 0 Å². The van der Waals surface area contributed by atoms with Gasteiger partial charge in [0, 0.05) is 5.56 Å². The normalized spacial score (nSPS) is 11.1. The van der Waals surface area contributed by atoms with Crippen LogP contribution >= 0.6 is 0 Å². The Kier molecular flexibility index (Phi) is 5.35. The molecule has 0 aliphatic rings. The lowest BCUT2D eigenvalue weighted by molar-refractivity contribution is 0.0523. The molecule has 0 amide bonds. The molecular formula is C21H20N2O4. The van der Waals surface area contributed by atoms with Gasteiger partial charge in [0.1, 0.15) is 11.3 Å². The van der Waals surface area contributed by atoms with Gasteiger partial charge in [-0.05, 0) is 37.6 Å². The lowest BCUT2D eigenvalue weighted by Crippen LogP contribution is -2.07. The average molecular weight is 364 g/mol. The molecule has 0 spiro atoms. The Hall–Kier alpha value is -3.41. The molecule has 0 saturated heterocycles. The van der Waals surface area contributed by atoms with Gasteiger partial charge in [0.25, 0.3) is 0 Å². The highest BCUT2D eigenvalue weighted by atomic mass is 16.5. The zero-order valence-corrected chi connectivity index (χ0v) is 15.4. The van der Waals surface area contributed by atoms with Crippen molar-refractivity contribution in [3.05, 3.63) is 58.8 Å². The van der Waals surface area contributed by atoms with Gasteiger partial charge in [0.15, 0.2) is 5.78 Å². The molecule has 0 radical (unpaired) electrons. The van der Waals surface area contributed by atoms with E-state index in [2.05, 4.69) is 10.2 Å². The summed E-state index contributed by atoms with van der Waals surface area (Å²) in [6.45, 7) is 3.58. The minimum absolute atomic E-state index is 0.0278. The summed E-state index contributed by atoms with van der Waals surface area (Å²) in [4.78, 5) is 23.6. The minimum Gasteiger partial charge on any atom is -0.495 e. The lowest BCUT2D eigenvalue weighted by atomic mass is 10.1. The summed E-state index contributed by atoms with van der Waals surface area (Å²) in [6.07, 6.45) is 3.72. The Morgan fingerprint density at radius 2 is 1.85 bits per heavy atom. The van der Waals surface area contributed by atoms with Crippen LogP contribution in [-0.4, -0.2) is 35.7 Å². The molecule has 27 heavy (non-hydrogen) atoms. The number of carbonyl (C=O) groups is 2. The molecular weight excluding hydrogens is 344 g/mol. The second-order valence-electron chi connectivity index (χ2n) is 5.91. The highest BCUT2D eigenvalue weighted by Gasteiger charge is 2.19. The predicted molar refractivity (Wildman–Crippen MR) is 104 cm³/mol. The van der Waals surface area contributed by atoms with E-state index in [1.54, 1.807) is 31.2 Å². The van der Waals surface area contributed by atoms with Gasteiger partial charge >= 0.3 is 5.97 Å². The molecule has 3 aromatic rings. The molecule has 138 valence electrons. The third-order valence-corrected chi connectivity index (χ3v) is 4.16. The molecule has 0 aliphatic heterocycles. The Bertz CT molecular complexity index is 1020. The van der Waals surface area contributed by atoms with E-state index in [9.17, 15) is 9.59 Å². The largest absolute Gasteiger partial charge is 0.495 e. The first kappa shape index (κ1) is 18.4. The van der Waals surface area contributed by atoms with E-state index >= 15 is 0 Å². The van der Waals surface area contributed by atoms with Gasteiger partial charge in [-0.1, -0.05) is 30.3 Å². The maximum absolute atomic E-state index is 12.2. The van der Waals surface area contributed by atoms with Gasteiger partial charge < -0.3 is 9.47 Å². The Balaban J connectivity index is 2.00. The Morgan fingerprint density at radius 3 is 2.48 bits per heavy atom. The molecule has 0 saturated carbocycles. The van der Waals surface area contributed by atoms with Gasteiger partial charge in [-0.25, -0.2) is 4.79 Å². The standard InChI is InChI=1S/C21H20N2O4/c1-4-27-21(25)16-10-12-18-19(20(16)26-3)17(22-23-18)11-7-14-5-8-15(9-6-14)13(2)24/h5-12H,4H2,1-3H3,(H,22,23). The lowest BCUT2D eigenvalue weighted by Gasteiger charge is -2.09. The van der Waals surface area contributed by atoms with Crippen LogP contribution in [0.1, 0.15) is 45.8 Å². The monoisotopic (exact) mass is 364 g/mol. The number of carbonyl (C=O) groups excluding carboxylic acids is 2. The van der Waals surface area contributed by atoms with Crippen LogP contribution in [0.3, 0.4) is 0 Å². The molecule has 0 bridgehead atoms. The van der Waals surface area contributed by atoms with Crippen molar-refractivity contribution < 1.29 is 19.1 Å². The van der Waals surface area contributed by atoms with E-state index in [0.717, 1.165) is 11.1 Å². The molecule has 0 unspecified atom stereocenters. The summed E-state index contributed by atoms with van der Waals surface area (Å²) in [5.74, 6) is 0.0125. The zero-order chi connectivity index (χ0) is 19.4. The smallest absolute Gasteiger partial charge is 0.341 e. The van der Waals surface area contributed by atoms with Crippen molar-refractivity contribution in [1.29, 1.82) is 0 Å².